The Labute approximate surface area is 183 Å². The SMILES string of the molecule is C=C(N)NCN(c1ccc(CC)cc1)c1nc(-c2ncc(C)cc2C#N)ccc1NC. The van der Waals surface area contributed by atoms with E-state index in [4.69, 9.17) is 10.7 Å². The number of rotatable bonds is 8. The molecule has 2 heterocycles. The van der Waals surface area contributed by atoms with Crippen LogP contribution in [0.1, 0.15) is 23.6 Å². The van der Waals surface area contributed by atoms with Crippen LogP contribution in [0.3, 0.4) is 0 Å². The molecule has 0 unspecified atom stereocenters. The zero-order valence-electron chi connectivity index (χ0n) is 18.1. The summed E-state index contributed by atoms with van der Waals surface area (Å²) in [6.45, 7) is 8.15. The van der Waals surface area contributed by atoms with Gasteiger partial charge in [-0.2, -0.15) is 5.26 Å². The van der Waals surface area contributed by atoms with E-state index < -0.39 is 0 Å². The van der Waals surface area contributed by atoms with Gasteiger partial charge in [0.15, 0.2) is 5.82 Å². The Bertz CT molecular complexity index is 1110. The Hall–Kier alpha value is -4.05. The first-order chi connectivity index (χ1) is 15.0. The summed E-state index contributed by atoms with van der Waals surface area (Å²) >= 11 is 0. The molecule has 0 radical (unpaired) electrons. The second kappa shape index (κ2) is 9.63. The third kappa shape index (κ3) is 4.93. The molecule has 0 fully saturated rings. The van der Waals surface area contributed by atoms with E-state index in [0.29, 0.717) is 35.3 Å². The average Bonchev–Trinajstić information content (AvgIpc) is 2.79. The van der Waals surface area contributed by atoms with Crippen molar-refractivity contribution < 1.29 is 0 Å². The van der Waals surface area contributed by atoms with Gasteiger partial charge in [-0.15, -0.1) is 0 Å². The van der Waals surface area contributed by atoms with Gasteiger partial charge in [-0.05, 0) is 54.8 Å². The van der Waals surface area contributed by atoms with Gasteiger partial charge in [0.05, 0.1) is 29.4 Å². The lowest BCUT2D eigenvalue weighted by atomic mass is 10.1. The summed E-state index contributed by atoms with van der Waals surface area (Å²) in [6.07, 6.45) is 2.70. The fraction of sp³-hybridized carbons (Fsp3) is 0.208. The maximum Gasteiger partial charge on any atom is 0.158 e. The molecule has 0 aliphatic heterocycles. The highest BCUT2D eigenvalue weighted by molar-refractivity contribution is 5.77. The molecule has 7 nitrogen and oxygen atoms in total. The van der Waals surface area contributed by atoms with Gasteiger partial charge in [-0.25, -0.2) is 4.98 Å². The van der Waals surface area contributed by atoms with Gasteiger partial charge < -0.3 is 21.3 Å². The zero-order valence-corrected chi connectivity index (χ0v) is 18.1. The van der Waals surface area contributed by atoms with E-state index in [2.05, 4.69) is 59.5 Å². The lowest BCUT2D eigenvalue weighted by Gasteiger charge is -2.27. The van der Waals surface area contributed by atoms with E-state index in [0.717, 1.165) is 23.4 Å². The predicted octanol–water partition coefficient (Wildman–Crippen LogP) is 4.04. The van der Waals surface area contributed by atoms with E-state index in [9.17, 15) is 5.26 Å². The van der Waals surface area contributed by atoms with Crippen LogP contribution in [0.2, 0.25) is 0 Å². The summed E-state index contributed by atoms with van der Waals surface area (Å²) in [5.41, 5.74) is 11.4. The van der Waals surface area contributed by atoms with Gasteiger partial charge in [-0.1, -0.05) is 25.6 Å². The molecular formula is C24H27N7. The number of aryl methyl sites for hydroxylation is 2. The Kier molecular flexibility index (Phi) is 6.73. The molecule has 7 heteroatoms. The van der Waals surface area contributed by atoms with E-state index in [1.807, 2.05) is 37.1 Å². The molecule has 4 N–H and O–H groups in total. The highest BCUT2D eigenvalue weighted by Gasteiger charge is 2.18. The van der Waals surface area contributed by atoms with Gasteiger partial charge in [0, 0.05) is 18.9 Å². The molecule has 3 aromatic rings. The number of aromatic nitrogens is 2. The Morgan fingerprint density at radius 1 is 1.23 bits per heavy atom. The molecule has 158 valence electrons. The molecule has 3 rings (SSSR count). The van der Waals surface area contributed by atoms with Gasteiger partial charge >= 0.3 is 0 Å². The standard InChI is InChI=1S/C24H27N7/c1-5-18-6-8-20(9-7-18)31(15-29-17(3)26)24-22(27-4)11-10-21(30-24)23-19(13-25)12-16(2)14-28-23/h6-12,14,27,29H,3,5,15,26H2,1-2,4H3. The van der Waals surface area contributed by atoms with Crippen LogP contribution in [0.15, 0.2) is 61.1 Å². The molecule has 31 heavy (non-hydrogen) atoms. The zero-order chi connectivity index (χ0) is 22.4. The van der Waals surface area contributed by atoms with Crippen molar-refractivity contribution in [2.45, 2.75) is 20.3 Å². The number of hydrogen-bond acceptors (Lipinski definition) is 7. The van der Waals surface area contributed by atoms with E-state index in [1.54, 1.807) is 6.20 Å². The molecule has 0 amide bonds. The second-order valence-corrected chi connectivity index (χ2v) is 7.15. The minimum Gasteiger partial charge on any atom is -0.386 e. The van der Waals surface area contributed by atoms with Crippen molar-refractivity contribution >= 4 is 17.2 Å². The van der Waals surface area contributed by atoms with E-state index in [1.165, 1.54) is 5.56 Å². The number of nitriles is 1. The highest BCUT2D eigenvalue weighted by atomic mass is 15.3. The van der Waals surface area contributed by atoms with Crippen LogP contribution >= 0.6 is 0 Å². The number of pyridine rings is 2. The van der Waals surface area contributed by atoms with Crippen molar-refractivity contribution in [3.05, 3.63) is 77.8 Å². The Balaban J connectivity index is 2.14. The number of anilines is 3. The third-order valence-corrected chi connectivity index (χ3v) is 4.91. The lowest BCUT2D eigenvalue weighted by Crippen LogP contribution is -2.33. The molecular weight excluding hydrogens is 386 g/mol. The molecule has 2 aromatic heterocycles. The minimum absolute atomic E-state index is 0.365. The average molecular weight is 414 g/mol. The maximum atomic E-state index is 9.58. The Morgan fingerprint density at radius 3 is 2.58 bits per heavy atom. The van der Waals surface area contributed by atoms with Gasteiger partial charge in [0.1, 0.15) is 11.8 Å². The van der Waals surface area contributed by atoms with Gasteiger partial charge in [0.2, 0.25) is 0 Å². The first kappa shape index (κ1) is 21.7. The molecule has 0 saturated heterocycles. The summed E-state index contributed by atoms with van der Waals surface area (Å²) in [5, 5.41) is 15.9. The summed E-state index contributed by atoms with van der Waals surface area (Å²) in [4.78, 5) is 11.4. The van der Waals surface area contributed by atoms with Crippen LogP contribution in [0.25, 0.3) is 11.4 Å². The number of nitrogens with zero attached hydrogens (tertiary/aromatic N) is 4. The fourth-order valence-corrected chi connectivity index (χ4v) is 3.22. The van der Waals surface area contributed by atoms with Crippen molar-refractivity contribution in [2.24, 2.45) is 5.73 Å². The van der Waals surface area contributed by atoms with Crippen LogP contribution in [0.4, 0.5) is 17.2 Å². The molecule has 0 bridgehead atoms. The van der Waals surface area contributed by atoms with Crippen LogP contribution in [-0.2, 0) is 6.42 Å². The molecule has 0 saturated carbocycles. The Morgan fingerprint density at radius 2 is 1.97 bits per heavy atom. The van der Waals surface area contributed by atoms with Crippen LogP contribution < -0.4 is 21.3 Å². The van der Waals surface area contributed by atoms with Gasteiger partial charge in [-0.3, -0.25) is 4.98 Å². The molecule has 0 aliphatic carbocycles. The van der Waals surface area contributed by atoms with Gasteiger partial charge in [0.25, 0.3) is 0 Å². The highest BCUT2D eigenvalue weighted by Crippen LogP contribution is 2.33. The second-order valence-electron chi connectivity index (χ2n) is 7.15. The topological polar surface area (TPSA) is 103 Å². The monoisotopic (exact) mass is 413 g/mol. The third-order valence-electron chi connectivity index (χ3n) is 4.91. The lowest BCUT2D eigenvalue weighted by molar-refractivity contribution is 0.784. The first-order valence-corrected chi connectivity index (χ1v) is 10.1. The van der Waals surface area contributed by atoms with Crippen molar-refractivity contribution in [1.82, 2.24) is 15.3 Å². The minimum atomic E-state index is 0.365. The fourth-order valence-electron chi connectivity index (χ4n) is 3.22. The molecule has 1 aromatic carbocycles. The van der Waals surface area contributed by atoms with Crippen molar-refractivity contribution in [3.8, 4) is 17.5 Å². The van der Waals surface area contributed by atoms with E-state index >= 15 is 0 Å². The van der Waals surface area contributed by atoms with E-state index in [-0.39, 0.29) is 0 Å². The van der Waals surface area contributed by atoms with Crippen molar-refractivity contribution in [1.29, 1.82) is 5.26 Å². The first-order valence-electron chi connectivity index (χ1n) is 10.1. The quantitative estimate of drug-likeness (QED) is 0.479. The number of nitrogens with one attached hydrogen (secondary N) is 2. The van der Waals surface area contributed by atoms with Crippen molar-refractivity contribution in [3.63, 3.8) is 0 Å². The number of benzene rings is 1. The number of hydrogen-bond donors (Lipinski definition) is 3. The number of nitrogens with two attached hydrogens (primary N) is 1. The van der Waals surface area contributed by atoms with Crippen LogP contribution in [0, 0.1) is 18.3 Å². The summed E-state index contributed by atoms with van der Waals surface area (Å²) < 4.78 is 0. The summed E-state index contributed by atoms with van der Waals surface area (Å²) in [6, 6.07) is 16.1. The van der Waals surface area contributed by atoms with Crippen LogP contribution in [-0.4, -0.2) is 23.7 Å². The van der Waals surface area contributed by atoms with Crippen LogP contribution in [0.5, 0.6) is 0 Å². The summed E-state index contributed by atoms with van der Waals surface area (Å²) in [7, 11) is 1.85. The maximum absolute atomic E-state index is 9.58. The predicted molar refractivity (Wildman–Crippen MR) is 126 cm³/mol. The molecule has 0 aliphatic rings. The molecule has 0 spiro atoms. The van der Waals surface area contributed by atoms with Crippen molar-refractivity contribution in [2.75, 3.05) is 23.9 Å². The normalized spacial score (nSPS) is 10.3. The largest absolute Gasteiger partial charge is 0.386 e. The molecule has 0 atom stereocenters. The smallest absolute Gasteiger partial charge is 0.158 e. The summed E-state index contributed by atoms with van der Waals surface area (Å²) in [5.74, 6) is 1.05.